The number of amides is 2. The van der Waals surface area contributed by atoms with Crippen molar-refractivity contribution >= 4 is 29.2 Å². The highest BCUT2D eigenvalue weighted by atomic mass is 16.5. The van der Waals surface area contributed by atoms with Gasteiger partial charge in [0.15, 0.2) is 0 Å². The van der Waals surface area contributed by atoms with Crippen LogP contribution in [0.15, 0.2) is 18.2 Å². The molecule has 25 heavy (non-hydrogen) atoms. The molecule has 1 aromatic carbocycles. The predicted molar refractivity (Wildman–Crippen MR) is 86.0 cm³/mol. The Bertz CT molecular complexity index is 629. The first-order valence-electron chi connectivity index (χ1n) is 8.24. The van der Waals surface area contributed by atoms with Crippen LogP contribution in [-0.4, -0.2) is 43.2 Å². The second-order valence-corrected chi connectivity index (χ2v) is 6.07. The standard InChI is InChI=1S/C17H20N2O6/c20-15(13-3-1-5-24-13)18-11-7-10(17(22)23)8-12(9-11)19-16(21)14-4-2-6-25-14/h7-9,13-14H,1-6H2,(H,18,20)(H,19,21)(H,22,23)/p-1/t13-,14-/m0/s1. The summed E-state index contributed by atoms with van der Waals surface area (Å²) in [6, 6.07) is 4.06. The van der Waals surface area contributed by atoms with E-state index in [1.807, 2.05) is 0 Å². The number of hydrogen-bond donors (Lipinski definition) is 2. The summed E-state index contributed by atoms with van der Waals surface area (Å²) in [6.07, 6.45) is 1.76. The quantitative estimate of drug-likeness (QED) is 0.790. The van der Waals surface area contributed by atoms with Crippen LogP contribution >= 0.6 is 0 Å². The summed E-state index contributed by atoms with van der Waals surface area (Å²) in [5.74, 6) is -2.09. The van der Waals surface area contributed by atoms with Crippen LogP contribution in [0, 0.1) is 0 Å². The molecule has 3 rings (SSSR count). The van der Waals surface area contributed by atoms with Gasteiger partial charge in [-0.05, 0) is 43.9 Å². The normalized spacial score (nSPS) is 22.6. The van der Waals surface area contributed by atoms with Gasteiger partial charge in [0.25, 0.3) is 11.8 Å². The second-order valence-electron chi connectivity index (χ2n) is 6.07. The van der Waals surface area contributed by atoms with Crippen molar-refractivity contribution in [3.63, 3.8) is 0 Å². The minimum absolute atomic E-state index is 0.146. The van der Waals surface area contributed by atoms with E-state index in [9.17, 15) is 19.5 Å². The third-order valence-corrected chi connectivity index (χ3v) is 4.15. The summed E-state index contributed by atoms with van der Waals surface area (Å²) in [5.41, 5.74) is 0.363. The van der Waals surface area contributed by atoms with Crippen LogP contribution in [0.4, 0.5) is 11.4 Å². The number of carbonyl (C=O) groups is 3. The van der Waals surface area contributed by atoms with E-state index in [-0.39, 0.29) is 28.8 Å². The molecule has 0 saturated carbocycles. The summed E-state index contributed by atoms with van der Waals surface area (Å²) < 4.78 is 10.6. The van der Waals surface area contributed by atoms with Crippen LogP contribution in [0.25, 0.3) is 0 Å². The molecule has 2 amide bonds. The van der Waals surface area contributed by atoms with E-state index in [1.54, 1.807) is 0 Å². The molecule has 2 fully saturated rings. The Morgan fingerprint density at radius 1 is 0.880 bits per heavy atom. The van der Waals surface area contributed by atoms with Gasteiger partial charge in [0.2, 0.25) is 0 Å². The van der Waals surface area contributed by atoms with Gasteiger partial charge in [0, 0.05) is 30.2 Å². The lowest BCUT2D eigenvalue weighted by Crippen LogP contribution is -2.29. The number of ether oxygens (including phenoxy) is 2. The molecule has 8 heteroatoms. The van der Waals surface area contributed by atoms with Crippen LogP contribution in [0.5, 0.6) is 0 Å². The first-order valence-corrected chi connectivity index (χ1v) is 8.24. The Hall–Kier alpha value is -2.45. The zero-order chi connectivity index (χ0) is 17.8. The van der Waals surface area contributed by atoms with E-state index >= 15 is 0 Å². The maximum atomic E-state index is 12.1. The number of aromatic carboxylic acids is 1. The zero-order valence-electron chi connectivity index (χ0n) is 13.6. The van der Waals surface area contributed by atoms with E-state index < -0.39 is 18.2 Å². The monoisotopic (exact) mass is 347 g/mol. The minimum Gasteiger partial charge on any atom is -0.545 e. The van der Waals surface area contributed by atoms with Crippen LogP contribution in [0.3, 0.4) is 0 Å². The van der Waals surface area contributed by atoms with Crippen molar-refractivity contribution in [2.45, 2.75) is 37.9 Å². The van der Waals surface area contributed by atoms with Gasteiger partial charge in [-0.1, -0.05) is 0 Å². The van der Waals surface area contributed by atoms with Crippen molar-refractivity contribution in [3.05, 3.63) is 23.8 Å². The number of carboxylic acid groups (broad SMARTS) is 1. The summed E-state index contributed by atoms with van der Waals surface area (Å²) >= 11 is 0. The lowest BCUT2D eigenvalue weighted by atomic mass is 10.1. The Morgan fingerprint density at radius 3 is 1.72 bits per heavy atom. The average Bonchev–Trinajstić information content (AvgIpc) is 3.28. The highest BCUT2D eigenvalue weighted by Gasteiger charge is 2.25. The molecule has 8 nitrogen and oxygen atoms in total. The molecule has 0 radical (unpaired) electrons. The molecule has 2 N–H and O–H groups in total. The number of rotatable bonds is 5. The molecule has 2 atom stereocenters. The fourth-order valence-corrected chi connectivity index (χ4v) is 2.90. The van der Waals surface area contributed by atoms with Gasteiger partial charge in [-0.2, -0.15) is 0 Å². The lowest BCUT2D eigenvalue weighted by molar-refractivity contribution is -0.255. The molecule has 2 heterocycles. The zero-order valence-corrected chi connectivity index (χ0v) is 13.6. The number of carbonyl (C=O) groups excluding carboxylic acids is 3. The van der Waals surface area contributed by atoms with Gasteiger partial charge in [-0.15, -0.1) is 0 Å². The van der Waals surface area contributed by atoms with E-state index in [0.29, 0.717) is 26.1 Å². The Labute approximate surface area is 144 Å². The third-order valence-electron chi connectivity index (χ3n) is 4.15. The van der Waals surface area contributed by atoms with E-state index in [2.05, 4.69) is 10.6 Å². The summed E-state index contributed by atoms with van der Waals surface area (Å²) in [4.78, 5) is 35.5. The minimum atomic E-state index is -1.40. The smallest absolute Gasteiger partial charge is 0.253 e. The van der Waals surface area contributed by atoms with Crippen LogP contribution < -0.4 is 15.7 Å². The van der Waals surface area contributed by atoms with Crippen molar-refractivity contribution in [2.24, 2.45) is 0 Å². The third kappa shape index (κ3) is 4.34. The van der Waals surface area contributed by atoms with Crippen molar-refractivity contribution < 1.29 is 29.0 Å². The van der Waals surface area contributed by atoms with E-state index in [4.69, 9.17) is 9.47 Å². The highest BCUT2D eigenvalue weighted by molar-refractivity contribution is 5.99. The predicted octanol–water partition coefficient (Wildman–Crippen LogP) is 0.285. The molecule has 0 aromatic heterocycles. The molecule has 134 valence electrons. The number of nitrogens with one attached hydrogen (secondary N) is 2. The van der Waals surface area contributed by atoms with Crippen molar-refractivity contribution in [3.8, 4) is 0 Å². The summed E-state index contributed by atoms with van der Waals surface area (Å²) in [7, 11) is 0. The van der Waals surface area contributed by atoms with Gasteiger partial charge in [-0.3, -0.25) is 9.59 Å². The lowest BCUT2D eigenvalue weighted by Gasteiger charge is -2.15. The molecule has 2 aliphatic rings. The Balaban J connectivity index is 1.75. The SMILES string of the molecule is O=C([O-])c1cc(NC(=O)[C@@H]2CCCO2)cc(NC(=O)[C@@H]2CCCO2)c1. The molecule has 2 saturated heterocycles. The first-order chi connectivity index (χ1) is 12.0. The fourth-order valence-electron chi connectivity index (χ4n) is 2.90. The van der Waals surface area contributed by atoms with Crippen LogP contribution in [0.2, 0.25) is 0 Å². The summed E-state index contributed by atoms with van der Waals surface area (Å²) in [6.45, 7) is 1.06. The number of carboxylic acids is 1. The molecule has 0 spiro atoms. The van der Waals surface area contributed by atoms with Gasteiger partial charge in [0.05, 0.1) is 5.97 Å². The number of hydrogen-bond acceptors (Lipinski definition) is 6. The maximum Gasteiger partial charge on any atom is 0.253 e. The van der Waals surface area contributed by atoms with Gasteiger partial charge < -0.3 is 30.0 Å². The van der Waals surface area contributed by atoms with Gasteiger partial charge >= 0.3 is 0 Å². The Kier molecular flexibility index (Phi) is 5.30. The fraction of sp³-hybridized carbons (Fsp3) is 0.471. The van der Waals surface area contributed by atoms with Gasteiger partial charge in [0.1, 0.15) is 12.2 Å². The molecular formula is C17H19N2O6-. The Morgan fingerprint density at radius 2 is 1.36 bits per heavy atom. The van der Waals surface area contributed by atoms with Crippen molar-refractivity contribution in [1.29, 1.82) is 0 Å². The number of anilines is 2. The summed E-state index contributed by atoms with van der Waals surface area (Å²) in [5, 5.41) is 16.5. The second kappa shape index (κ2) is 7.62. The average molecular weight is 347 g/mol. The first kappa shape index (κ1) is 17.4. The van der Waals surface area contributed by atoms with Crippen LogP contribution in [-0.2, 0) is 19.1 Å². The molecule has 0 unspecified atom stereocenters. The molecule has 2 aliphatic heterocycles. The van der Waals surface area contributed by atoms with Gasteiger partial charge in [-0.25, -0.2) is 0 Å². The van der Waals surface area contributed by atoms with Crippen molar-refractivity contribution in [2.75, 3.05) is 23.8 Å². The highest BCUT2D eigenvalue weighted by Crippen LogP contribution is 2.22. The topological polar surface area (TPSA) is 117 Å². The molecule has 0 bridgehead atoms. The van der Waals surface area contributed by atoms with E-state index in [1.165, 1.54) is 18.2 Å². The van der Waals surface area contributed by atoms with E-state index in [0.717, 1.165) is 12.8 Å². The van der Waals surface area contributed by atoms with Crippen LogP contribution in [0.1, 0.15) is 36.0 Å². The molecule has 1 aromatic rings. The van der Waals surface area contributed by atoms with Crippen molar-refractivity contribution in [1.82, 2.24) is 0 Å². The maximum absolute atomic E-state index is 12.1. The largest absolute Gasteiger partial charge is 0.545 e. The number of benzene rings is 1. The molecule has 0 aliphatic carbocycles. The molecular weight excluding hydrogens is 328 g/mol.